The van der Waals surface area contributed by atoms with E-state index in [1.807, 2.05) is 43.3 Å². The highest BCUT2D eigenvalue weighted by atomic mass is 16.1. The molecule has 0 saturated carbocycles. The minimum absolute atomic E-state index is 0.142. The summed E-state index contributed by atoms with van der Waals surface area (Å²) in [6.07, 6.45) is 6.12. The molecule has 0 fully saturated rings. The maximum Gasteiger partial charge on any atom is 0.251 e. The highest BCUT2D eigenvalue weighted by molar-refractivity contribution is 5.98. The number of nitrogens with one attached hydrogen (secondary N) is 3. The molecule has 0 radical (unpaired) electrons. The number of H-pyrrole nitrogens is 1. The molecule has 8 nitrogen and oxygen atoms in total. The number of allylic oxidation sites excluding steroid dienone is 1. The van der Waals surface area contributed by atoms with Gasteiger partial charge in [0.2, 0.25) is 0 Å². The van der Waals surface area contributed by atoms with Gasteiger partial charge in [0.15, 0.2) is 0 Å². The SMILES string of the molecule is C=C(CC)Nc1ccc(C(=O)NCc2cc3c(-c4cnn5ncccc45)ccnc3[nH]2)cc1. The molecule has 1 aromatic carbocycles. The smallest absolute Gasteiger partial charge is 0.251 e. The topological polar surface area (TPSA) is 100 Å². The second kappa shape index (κ2) is 8.58. The second-order valence-electron chi connectivity index (χ2n) is 7.71. The number of carbonyl (C=O) groups excluding carboxylic acids is 1. The van der Waals surface area contributed by atoms with Crippen molar-refractivity contribution in [3.63, 3.8) is 0 Å². The van der Waals surface area contributed by atoms with Gasteiger partial charge in [-0.15, -0.1) is 0 Å². The van der Waals surface area contributed by atoms with Crippen LogP contribution in [0.25, 0.3) is 27.7 Å². The molecule has 8 heteroatoms. The van der Waals surface area contributed by atoms with Gasteiger partial charge in [-0.25, -0.2) is 4.98 Å². The van der Waals surface area contributed by atoms with Crippen molar-refractivity contribution in [2.75, 3.05) is 5.32 Å². The maximum atomic E-state index is 12.6. The van der Waals surface area contributed by atoms with E-state index in [0.29, 0.717) is 12.1 Å². The van der Waals surface area contributed by atoms with Crippen LogP contribution in [0.2, 0.25) is 0 Å². The molecule has 0 bridgehead atoms. The van der Waals surface area contributed by atoms with Crippen LogP contribution < -0.4 is 10.6 Å². The molecular formula is C25H23N7O. The number of aromatic nitrogens is 5. The molecule has 0 aliphatic carbocycles. The number of nitrogens with zero attached hydrogens (tertiary/aromatic N) is 4. The van der Waals surface area contributed by atoms with Gasteiger partial charge < -0.3 is 15.6 Å². The molecule has 0 spiro atoms. The van der Waals surface area contributed by atoms with Gasteiger partial charge in [-0.1, -0.05) is 13.5 Å². The standard InChI is InChI=1S/C25H23N7O/c1-3-16(2)30-18-8-6-17(7-9-18)25(33)27-14-19-13-21-20(10-12-26-24(21)31-19)22-15-29-32-23(22)5-4-11-28-32/h4-13,15,30H,2-3,14H2,1H3,(H,26,31)(H,27,33). The number of pyridine rings is 1. The van der Waals surface area contributed by atoms with Crippen LogP contribution in [-0.4, -0.2) is 30.7 Å². The molecule has 33 heavy (non-hydrogen) atoms. The summed E-state index contributed by atoms with van der Waals surface area (Å²) in [5, 5.41) is 15.7. The molecule has 1 amide bonds. The first-order valence-corrected chi connectivity index (χ1v) is 10.7. The van der Waals surface area contributed by atoms with E-state index < -0.39 is 0 Å². The lowest BCUT2D eigenvalue weighted by Gasteiger charge is -2.08. The maximum absolute atomic E-state index is 12.6. The van der Waals surface area contributed by atoms with Crippen LogP contribution in [-0.2, 0) is 6.54 Å². The Morgan fingerprint density at radius 3 is 2.76 bits per heavy atom. The number of hydrogen-bond acceptors (Lipinski definition) is 5. The molecule has 0 aliphatic rings. The van der Waals surface area contributed by atoms with Crippen LogP contribution in [0.3, 0.4) is 0 Å². The third-order valence-electron chi connectivity index (χ3n) is 5.52. The number of rotatable bonds is 7. The zero-order chi connectivity index (χ0) is 22.8. The van der Waals surface area contributed by atoms with Gasteiger partial charge in [-0.3, -0.25) is 4.79 Å². The minimum atomic E-state index is -0.142. The van der Waals surface area contributed by atoms with Gasteiger partial charge in [-0.05, 0) is 60.5 Å². The van der Waals surface area contributed by atoms with E-state index in [2.05, 4.69) is 37.4 Å². The van der Waals surface area contributed by atoms with Gasteiger partial charge >= 0.3 is 0 Å². The summed E-state index contributed by atoms with van der Waals surface area (Å²) in [6.45, 7) is 6.33. The second-order valence-corrected chi connectivity index (χ2v) is 7.71. The summed E-state index contributed by atoms with van der Waals surface area (Å²) >= 11 is 0. The predicted octanol–water partition coefficient (Wildman–Crippen LogP) is 4.54. The molecule has 4 heterocycles. The van der Waals surface area contributed by atoms with Gasteiger partial charge in [0, 0.05) is 46.0 Å². The van der Waals surface area contributed by atoms with Crippen LogP contribution in [0.5, 0.6) is 0 Å². The number of carbonyl (C=O) groups is 1. The van der Waals surface area contributed by atoms with Crippen molar-refractivity contribution in [1.29, 1.82) is 0 Å². The highest BCUT2D eigenvalue weighted by Gasteiger charge is 2.14. The molecular weight excluding hydrogens is 414 g/mol. The molecule has 5 aromatic rings. The fourth-order valence-corrected chi connectivity index (χ4v) is 3.73. The summed E-state index contributed by atoms with van der Waals surface area (Å²) < 4.78 is 1.61. The number of benzene rings is 1. The Labute approximate surface area is 190 Å². The minimum Gasteiger partial charge on any atom is -0.359 e. The van der Waals surface area contributed by atoms with Gasteiger partial charge in [0.1, 0.15) is 5.65 Å². The Morgan fingerprint density at radius 1 is 1.09 bits per heavy atom. The van der Waals surface area contributed by atoms with Gasteiger partial charge in [0.25, 0.3) is 5.91 Å². The molecule has 164 valence electrons. The number of anilines is 1. The lowest BCUT2D eigenvalue weighted by molar-refractivity contribution is 0.0950. The number of hydrogen-bond donors (Lipinski definition) is 3. The van der Waals surface area contributed by atoms with Crippen LogP contribution in [0.4, 0.5) is 5.69 Å². The van der Waals surface area contributed by atoms with E-state index in [1.54, 1.807) is 35.4 Å². The van der Waals surface area contributed by atoms with Crippen molar-refractivity contribution >= 4 is 28.1 Å². The fourth-order valence-electron chi connectivity index (χ4n) is 3.73. The van der Waals surface area contributed by atoms with Crippen molar-refractivity contribution in [1.82, 2.24) is 30.1 Å². The normalized spacial score (nSPS) is 11.1. The van der Waals surface area contributed by atoms with Crippen LogP contribution >= 0.6 is 0 Å². The predicted molar refractivity (Wildman–Crippen MR) is 129 cm³/mol. The fraction of sp³-hybridized carbons (Fsp3) is 0.120. The third-order valence-corrected chi connectivity index (χ3v) is 5.52. The van der Waals surface area contributed by atoms with Crippen molar-refractivity contribution in [2.45, 2.75) is 19.9 Å². The van der Waals surface area contributed by atoms with E-state index in [-0.39, 0.29) is 5.91 Å². The summed E-state index contributed by atoms with van der Waals surface area (Å²) in [5.41, 5.74) is 6.96. The third kappa shape index (κ3) is 4.06. The number of aromatic amines is 1. The Morgan fingerprint density at radius 2 is 1.94 bits per heavy atom. The van der Waals surface area contributed by atoms with E-state index in [9.17, 15) is 4.79 Å². The zero-order valence-corrected chi connectivity index (χ0v) is 18.2. The van der Waals surface area contributed by atoms with Crippen LogP contribution in [0.1, 0.15) is 29.4 Å². The Kier molecular flexibility index (Phi) is 5.32. The molecule has 4 aromatic heterocycles. The summed E-state index contributed by atoms with van der Waals surface area (Å²) in [6, 6.07) is 15.2. The largest absolute Gasteiger partial charge is 0.359 e. The summed E-state index contributed by atoms with van der Waals surface area (Å²) in [4.78, 5) is 20.4. The highest BCUT2D eigenvalue weighted by Crippen LogP contribution is 2.30. The van der Waals surface area contributed by atoms with Crippen molar-refractivity contribution in [3.05, 3.63) is 90.7 Å². The molecule has 0 unspecified atom stereocenters. The van der Waals surface area contributed by atoms with Crippen molar-refractivity contribution in [3.8, 4) is 11.1 Å². The van der Waals surface area contributed by atoms with Gasteiger partial charge in [0.05, 0.1) is 18.3 Å². The number of amides is 1. The quantitative estimate of drug-likeness (QED) is 0.347. The first-order chi connectivity index (χ1) is 16.1. The lowest BCUT2D eigenvalue weighted by atomic mass is 10.1. The molecule has 3 N–H and O–H groups in total. The van der Waals surface area contributed by atoms with Crippen molar-refractivity contribution < 1.29 is 4.79 Å². The molecule has 0 atom stereocenters. The van der Waals surface area contributed by atoms with E-state index in [0.717, 1.165) is 51.2 Å². The molecule has 0 saturated heterocycles. The monoisotopic (exact) mass is 437 g/mol. The Bertz CT molecular complexity index is 1460. The number of fused-ring (bicyclic) bond motifs is 2. The van der Waals surface area contributed by atoms with E-state index >= 15 is 0 Å². The van der Waals surface area contributed by atoms with Crippen molar-refractivity contribution in [2.24, 2.45) is 0 Å². The lowest BCUT2D eigenvalue weighted by Crippen LogP contribution is -2.22. The first-order valence-electron chi connectivity index (χ1n) is 10.7. The van der Waals surface area contributed by atoms with E-state index in [1.165, 1.54) is 0 Å². The average Bonchev–Trinajstić information content (AvgIpc) is 3.47. The van der Waals surface area contributed by atoms with Crippen LogP contribution in [0, 0.1) is 0 Å². The first kappa shape index (κ1) is 20.4. The average molecular weight is 438 g/mol. The Hall–Kier alpha value is -4.46. The van der Waals surface area contributed by atoms with Crippen LogP contribution in [0.15, 0.2) is 79.4 Å². The molecule has 5 rings (SSSR count). The van der Waals surface area contributed by atoms with Gasteiger partial charge in [-0.2, -0.15) is 14.8 Å². The summed E-state index contributed by atoms with van der Waals surface area (Å²) in [7, 11) is 0. The summed E-state index contributed by atoms with van der Waals surface area (Å²) in [5.74, 6) is -0.142. The molecule has 0 aliphatic heterocycles. The Balaban J connectivity index is 1.34. The van der Waals surface area contributed by atoms with E-state index in [4.69, 9.17) is 0 Å². The zero-order valence-electron chi connectivity index (χ0n) is 18.2.